The summed E-state index contributed by atoms with van der Waals surface area (Å²) in [7, 11) is 0. The van der Waals surface area contributed by atoms with Crippen LogP contribution in [0.2, 0.25) is 5.02 Å². The summed E-state index contributed by atoms with van der Waals surface area (Å²) in [6.07, 6.45) is 4.17. The van der Waals surface area contributed by atoms with Gasteiger partial charge in [-0.2, -0.15) is 0 Å². The van der Waals surface area contributed by atoms with Crippen molar-refractivity contribution in [2.45, 2.75) is 39.5 Å². The van der Waals surface area contributed by atoms with Crippen molar-refractivity contribution in [1.82, 2.24) is 4.90 Å². The molecule has 0 unspecified atom stereocenters. The van der Waals surface area contributed by atoms with Crippen molar-refractivity contribution in [3.63, 3.8) is 0 Å². The fourth-order valence-corrected chi connectivity index (χ4v) is 2.81. The predicted octanol–water partition coefficient (Wildman–Crippen LogP) is 3.85. The lowest BCUT2D eigenvalue weighted by atomic mass is 9.90. The summed E-state index contributed by atoms with van der Waals surface area (Å²) in [6, 6.07) is 3.94. The maximum atomic E-state index is 13.2. The fraction of sp³-hybridized carbons (Fsp3) is 0.529. The molecule has 1 saturated heterocycles. The Morgan fingerprint density at radius 3 is 2.35 bits per heavy atom. The van der Waals surface area contributed by atoms with E-state index in [9.17, 15) is 14.0 Å². The van der Waals surface area contributed by atoms with E-state index in [1.807, 2.05) is 0 Å². The highest BCUT2D eigenvalue weighted by Crippen LogP contribution is 2.25. The second-order valence-electron chi connectivity index (χ2n) is 6.41. The Hall–Kier alpha value is -1.62. The van der Waals surface area contributed by atoms with Crippen molar-refractivity contribution < 1.29 is 14.0 Å². The number of nitrogens with one attached hydrogen (secondary N) is 1. The summed E-state index contributed by atoms with van der Waals surface area (Å²) in [6.45, 7) is 4.61. The van der Waals surface area contributed by atoms with E-state index < -0.39 is 17.1 Å². The zero-order valence-corrected chi connectivity index (χ0v) is 14.3. The third kappa shape index (κ3) is 4.22. The van der Waals surface area contributed by atoms with E-state index in [-0.39, 0.29) is 10.9 Å². The van der Waals surface area contributed by atoms with Crippen molar-refractivity contribution in [1.29, 1.82) is 0 Å². The first-order valence-corrected chi connectivity index (χ1v) is 8.26. The van der Waals surface area contributed by atoms with Crippen LogP contribution in [0.4, 0.5) is 10.1 Å². The second kappa shape index (κ2) is 7.30. The molecule has 1 aromatic carbocycles. The van der Waals surface area contributed by atoms with Crippen molar-refractivity contribution in [3.8, 4) is 0 Å². The lowest BCUT2D eigenvalue weighted by molar-refractivity contribution is -0.146. The lowest BCUT2D eigenvalue weighted by Gasteiger charge is -2.30. The Morgan fingerprint density at radius 2 is 1.78 bits per heavy atom. The minimum Gasteiger partial charge on any atom is -0.342 e. The zero-order valence-electron chi connectivity index (χ0n) is 13.5. The van der Waals surface area contributed by atoms with E-state index in [1.54, 1.807) is 18.7 Å². The van der Waals surface area contributed by atoms with Gasteiger partial charge in [-0.25, -0.2) is 4.39 Å². The molecule has 0 bridgehead atoms. The molecule has 0 aromatic heterocycles. The molecule has 0 spiro atoms. The topological polar surface area (TPSA) is 49.4 Å². The molecule has 1 aliphatic heterocycles. The van der Waals surface area contributed by atoms with E-state index in [4.69, 9.17) is 11.6 Å². The van der Waals surface area contributed by atoms with Crippen LogP contribution in [0.5, 0.6) is 0 Å². The van der Waals surface area contributed by atoms with Gasteiger partial charge in [-0.15, -0.1) is 0 Å². The number of benzene rings is 1. The van der Waals surface area contributed by atoms with Crippen LogP contribution in [0, 0.1) is 11.2 Å². The number of hydrogen-bond donors (Lipinski definition) is 1. The average Bonchev–Trinajstić information content (AvgIpc) is 2.79. The van der Waals surface area contributed by atoms with Gasteiger partial charge in [-0.1, -0.05) is 24.4 Å². The molecular formula is C17H22ClFN2O2. The van der Waals surface area contributed by atoms with Gasteiger partial charge in [0, 0.05) is 18.8 Å². The summed E-state index contributed by atoms with van der Waals surface area (Å²) in [5.74, 6) is -1.15. The van der Waals surface area contributed by atoms with Crippen LogP contribution in [0.1, 0.15) is 39.5 Å². The molecule has 0 radical (unpaired) electrons. The van der Waals surface area contributed by atoms with Crippen LogP contribution in [0.15, 0.2) is 18.2 Å². The number of amides is 2. The summed E-state index contributed by atoms with van der Waals surface area (Å²) >= 11 is 5.71. The summed E-state index contributed by atoms with van der Waals surface area (Å²) in [5.41, 5.74) is -0.816. The smallest absolute Gasteiger partial charge is 0.239 e. The number of halogens is 2. The van der Waals surface area contributed by atoms with E-state index in [2.05, 4.69) is 5.32 Å². The predicted molar refractivity (Wildman–Crippen MR) is 88.9 cm³/mol. The molecule has 1 aliphatic rings. The normalized spacial score (nSPS) is 15.9. The minimum atomic E-state index is -1.19. The van der Waals surface area contributed by atoms with Crippen molar-refractivity contribution in [2.75, 3.05) is 18.4 Å². The van der Waals surface area contributed by atoms with Gasteiger partial charge in [0.2, 0.25) is 11.8 Å². The zero-order chi connectivity index (χ0) is 17.0. The molecule has 0 atom stereocenters. The molecule has 2 rings (SSSR count). The van der Waals surface area contributed by atoms with Crippen LogP contribution < -0.4 is 5.32 Å². The highest BCUT2D eigenvalue weighted by molar-refractivity contribution is 6.31. The molecule has 126 valence electrons. The lowest BCUT2D eigenvalue weighted by Crippen LogP contribution is -2.47. The second-order valence-corrected chi connectivity index (χ2v) is 6.82. The van der Waals surface area contributed by atoms with Crippen LogP contribution in [-0.4, -0.2) is 29.8 Å². The van der Waals surface area contributed by atoms with Gasteiger partial charge >= 0.3 is 0 Å². The van der Waals surface area contributed by atoms with Gasteiger partial charge in [0.1, 0.15) is 11.2 Å². The van der Waals surface area contributed by atoms with Crippen molar-refractivity contribution in [3.05, 3.63) is 29.0 Å². The number of likely N-dealkylation sites (tertiary alicyclic amines) is 1. The molecule has 6 heteroatoms. The van der Waals surface area contributed by atoms with Crippen molar-refractivity contribution >= 4 is 29.1 Å². The number of hydrogen-bond acceptors (Lipinski definition) is 2. The monoisotopic (exact) mass is 340 g/mol. The van der Waals surface area contributed by atoms with Gasteiger partial charge < -0.3 is 10.2 Å². The summed E-state index contributed by atoms with van der Waals surface area (Å²) in [5, 5.41) is 2.58. The van der Waals surface area contributed by atoms with Gasteiger partial charge in [-0.05, 0) is 44.9 Å². The number of rotatable bonds is 3. The van der Waals surface area contributed by atoms with E-state index >= 15 is 0 Å². The highest BCUT2D eigenvalue weighted by Gasteiger charge is 2.39. The SMILES string of the molecule is CC(C)(C(=O)Nc1ccc(F)c(Cl)c1)C(=O)N1CCCCCC1. The first-order chi connectivity index (χ1) is 10.8. The van der Waals surface area contributed by atoms with Crippen LogP contribution in [0.3, 0.4) is 0 Å². The van der Waals surface area contributed by atoms with Gasteiger partial charge in [0.25, 0.3) is 0 Å². The molecule has 1 aromatic rings. The molecule has 0 saturated carbocycles. The maximum Gasteiger partial charge on any atom is 0.239 e. The van der Waals surface area contributed by atoms with Crippen LogP contribution in [-0.2, 0) is 9.59 Å². The van der Waals surface area contributed by atoms with E-state index in [1.165, 1.54) is 18.2 Å². The molecule has 4 nitrogen and oxygen atoms in total. The maximum absolute atomic E-state index is 13.2. The first-order valence-electron chi connectivity index (χ1n) is 7.88. The number of anilines is 1. The summed E-state index contributed by atoms with van der Waals surface area (Å²) < 4.78 is 13.2. The fourth-order valence-electron chi connectivity index (χ4n) is 2.63. The number of carbonyl (C=O) groups excluding carboxylic acids is 2. The minimum absolute atomic E-state index is 0.0700. The quantitative estimate of drug-likeness (QED) is 0.850. The molecular weight excluding hydrogens is 319 g/mol. The Bertz CT molecular complexity index is 596. The molecule has 1 fully saturated rings. The largest absolute Gasteiger partial charge is 0.342 e. The first kappa shape index (κ1) is 17.7. The Morgan fingerprint density at radius 1 is 1.17 bits per heavy atom. The number of nitrogens with zero attached hydrogens (tertiary/aromatic N) is 1. The third-order valence-corrected chi connectivity index (χ3v) is 4.46. The highest BCUT2D eigenvalue weighted by atomic mass is 35.5. The van der Waals surface area contributed by atoms with E-state index in [0.717, 1.165) is 25.7 Å². The van der Waals surface area contributed by atoms with Gasteiger partial charge in [0.15, 0.2) is 0 Å². The van der Waals surface area contributed by atoms with Crippen LogP contribution in [0.25, 0.3) is 0 Å². The van der Waals surface area contributed by atoms with Gasteiger partial charge in [-0.3, -0.25) is 9.59 Å². The molecule has 2 amide bonds. The number of carbonyl (C=O) groups is 2. The van der Waals surface area contributed by atoms with Gasteiger partial charge in [0.05, 0.1) is 5.02 Å². The van der Waals surface area contributed by atoms with Crippen LogP contribution >= 0.6 is 11.6 Å². The standard InChI is InChI=1S/C17H22ClFN2O2/c1-17(2,16(23)21-9-5-3-4-6-10-21)15(22)20-12-7-8-14(19)13(18)11-12/h7-8,11H,3-6,9-10H2,1-2H3,(H,20,22). The Kier molecular flexibility index (Phi) is 5.63. The van der Waals surface area contributed by atoms with Crippen molar-refractivity contribution in [2.24, 2.45) is 5.41 Å². The third-order valence-electron chi connectivity index (χ3n) is 4.17. The molecule has 1 heterocycles. The summed E-state index contributed by atoms with van der Waals surface area (Å²) in [4.78, 5) is 27.0. The molecule has 0 aliphatic carbocycles. The van der Waals surface area contributed by atoms with E-state index in [0.29, 0.717) is 18.8 Å². The Balaban J connectivity index is 2.08. The Labute approximate surface area is 141 Å². The molecule has 1 N–H and O–H groups in total. The molecule has 23 heavy (non-hydrogen) atoms. The average molecular weight is 341 g/mol.